The van der Waals surface area contributed by atoms with Crippen LogP contribution in [0.15, 0.2) is 12.8 Å². The van der Waals surface area contributed by atoms with Gasteiger partial charge >= 0.3 is 23.9 Å². The summed E-state index contributed by atoms with van der Waals surface area (Å²) < 4.78 is 136. The van der Waals surface area contributed by atoms with E-state index in [1.165, 1.54) is 0 Å². The molecular weight excluding hydrogens is 335 g/mol. The van der Waals surface area contributed by atoms with Gasteiger partial charge in [0.15, 0.2) is 0 Å². The van der Waals surface area contributed by atoms with Crippen LogP contribution in [0.3, 0.4) is 0 Å². The first kappa shape index (κ1) is 18.6. The first-order chi connectivity index (χ1) is 8.66. The molecule has 0 aromatic carbocycles. The molecule has 0 fully saturated rings. The van der Waals surface area contributed by atoms with E-state index >= 15 is 0 Å². The Morgan fingerprint density at radius 3 is 1.65 bits per heavy atom. The molecule has 0 amide bonds. The Morgan fingerprint density at radius 1 is 1.00 bits per heavy atom. The van der Waals surface area contributed by atoms with Crippen LogP contribution in [-0.4, -0.2) is 37.4 Å². The Hall–Kier alpha value is -1.40. The van der Waals surface area contributed by atoms with Crippen molar-refractivity contribution in [2.24, 2.45) is 0 Å². The minimum Gasteiger partial charge on any atom is -0.438 e. The molecule has 0 saturated heterocycles. The minimum atomic E-state index is -7.08. The van der Waals surface area contributed by atoms with Crippen LogP contribution in [0.2, 0.25) is 0 Å². The van der Waals surface area contributed by atoms with Gasteiger partial charge in [-0.1, -0.05) is 6.58 Å². The van der Waals surface area contributed by atoms with Gasteiger partial charge in [0.25, 0.3) is 15.4 Å². The standard InChI is InChI=1S/C7H3F9O3S/c1-2-19-7(15,16)5(11,6(12,13)14)4(9,10)3(8)20(17)18/h2H,1H2. The third kappa shape index (κ3) is 2.58. The van der Waals surface area contributed by atoms with E-state index < -0.39 is 45.5 Å². The second kappa shape index (κ2) is 5.18. The average molecular weight is 338 g/mol. The predicted octanol–water partition coefficient (Wildman–Crippen LogP) is 2.62. The highest BCUT2D eigenvalue weighted by Gasteiger charge is 2.87. The van der Waals surface area contributed by atoms with Gasteiger partial charge in [0.05, 0.1) is 6.26 Å². The molecule has 13 heteroatoms. The second-order valence-corrected chi connectivity index (χ2v) is 3.87. The van der Waals surface area contributed by atoms with Gasteiger partial charge in [0, 0.05) is 0 Å². The molecule has 0 bridgehead atoms. The molecular formula is C7H3F9O3S. The Balaban J connectivity index is 6.50. The lowest BCUT2D eigenvalue weighted by atomic mass is 9.96. The van der Waals surface area contributed by atoms with Gasteiger partial charge in [-0.05, 0) is 0 Å². The SMILES string of the molecule is C=COC(F)(F)C(F)(C(F)(F)F)C(F)(F)C(F)=S(=O)=O. The zero-order valence-electron chi connectivity index (χ0n) is 8.82. The van der Waals surface area contributed by atoms with Crippen LogP contribution in [0.4, 0.5) is 39.5 Å². The normalized spacial score (nSPS) is 16.2. The molecule has 0 rings (SSSR count). The monoisotopic (exact) mass is 338 g/mol. The van der Waals surface area contributed by atoms with Gasteiger partial charge in [0.2, 0.25) is 0 Å². The maximum absolute atomic E-state index is 13.3. The largest absolute Gasteiger partial charge is 0.448 e. The van der Waals surface area contributed by atoms with Crippen molar-refractivity contribution in [1.82, 2.24) is 0 Å². The Morgan fingerprint density at radius 2 is 1.40 bits per heavy atom. The summed E-state index contributed by atoms with van der Waals surface area (Å²) in [5.74, 6) is -6.77. The summed E-state index contributed by atoms with van der Waals surface area (Å²) in [7, 11) is -4.70. The molecule has 118 valence electrons. The number of hydrogen-bond donors (Lipinski definition) is 0. The van der Waals surface area contributed by atoms with E-state index in [1.54, 1.807) is 0 Å². The van der Waals surface area contributed by atoms with Gasteiger partial charge in [-0.15, -0.1) is 0 Å². The van der Waals surface area contributed by atoms with Crippen molar-refractivity contribution in [3.8, 4) is 0 Å². The van der Waals surface area contributed by atoms with E-state index in [-0.39, 0.29) is 0 Å². The van der Waals surface area contributed by atoms with Crippen molar-refractivity contribution in [2.45, 2.75) is 23.9 Å². The smallest absolute Gasteiger partial charge is 0.438 e. The highest BCUT2D eigenvalue weighted by Crippen LogP contribution is 2.54. The first-order valence-electron chi connectivity index (χ1n) is 4.09. The lowest BCUT2D eigenvalue weighted by molar-refractivity contribution is -0.406. The first-order valence-corrected chi connectivity index (χ1v) is 5.16. The fraction of sp³-hybridized carbons (Fsp3) is 0.571. The van der Waals surface area contributed by atoms with Crippen LogP contribution in [0.1, 0.15) is 0 Å². The van der Waals surface area contributed by atoms with Gasteiger partial charge in [-0.3, -0.25) is 0 Å². The van der Waals surface area contributed by atoms with E-state index in [0.717, 1.165) is 0 Å². The Labute approximate surface area is 106 Å². The van der Waals surface area contributed by atoms with E-state index in [2.05, 4.69) is 11.3 Å². The van der Waals surface area contributed by atoms with E-state index in [1.807, 2.05) is 0 Å². The molecule has 0 aliphatic heterocycles. The summed E-state index contributed by atoms with van der Waals surface area (Å²) in [4.78, 5) is 0. The molecule has 0 saturated carbocycles. The van der Waals surface area contributed by atoms with E-state index in [0.29, 0.717) is 0 Å². The van der Waals surface area contributed by atoms with Gasteiger partial charge < -0.3 is 4.74 Å². The highest BCUT2D eigenvalue weighted by molar-refractivity contribution is 7.72. The van der Waals surface area contributed by atoms with Crippen molar-refractivity contribution >= 4 is 15.4 Å². The van der Waals surface area contributed by atoms with Crippen LogP contribution in [0.5, 0.6) is 0 Å². The molecule has 0 heterocycles. The molecule has 0 radical (unpaired) electrons. The fourth-order valence-electron chi connectivity index (χ4n) is 0.952. The van der Waals surface area contributed by atoms with Crippen molar-refractivity contribution in [2.75, 3.05) is 0 Å². The van der Waals surface area contributed by atoms with Gasteiger partial charge in [0.1, 0.15) is 0 Å². The minimum absolute atomic E-state index is 0.512. The van der Waals surface area contributed by atoms with Crippen molar-refractivity contribution < 1.29 is 52.7 Å². The maximum atomic E-state index is 13.3. The number of ether oxygens (including phenoxy) is 1. The van der Waals surface area contributed by atoms with Gasteiger partial charge in [-0.2, -0.15) is 43.5 Å². The molecule has 1 atom stereocenters. The zero-order valence-corrected chi connectivity index (χ0v) is 9.64. The lowest BCUT2D eigenvalue weighted by Crippen LogP contribution is -2.68. The van der Waals surface area contributed by atoms with E-state index in [9.17, 15) is 47.9 Å². The lowest BCUT2D eigenvalue weighted by Gasteiger charge is -2.36. The molecule has 3 nitrogen and oxygen atoms in total. The van der Waals surface area contributed by atoms with Crippen molar-refractivity contribution in [3.05, 3.63) is 12.8 Å². The fourth-order valence-corrected chi connectivity index (χ4v) is 1.30. The Kier molecular flexibility index (Phi) is 4.82. The van der Waals surface area contributed by atoms with Crippen molar-refractivity contribution in [1.29, 1.82) is 0 Å². The summed E-state index contributed by atoms with van der Waals surface area (Å²) in [6.45, 7) is 2.30. The summed E-state index contributed by atoms with van der Waals surface area (Å²) in [6.07, 6.45) is -13.9. The molecule has 0 aliphatic rings. The van der Waals surface area contributed by atoms with Crippen LogP contribution < -0.4 is 0 Å². The highest BCUT2D eigenvalue weighted by atomic mass is 32.2. The molecule has 0 spiro atoms. The summed E-state index contributed by atoms with van der Waals surface area (Å²) in [5.41, 5.74) is -6.98. The molecule has 0 aromatic heterocycles. The number of hydrogen-bond acceptors (Lipinski definition) is 3. The topological polar surface area (TPSA) is 43.4 Å². The summed E-state index contributed by atoms with van der Waals surface area (Å²) >= 11 is 0. The number of halogens is 9. The molecule has 20 heavy (non-hydrogen) atoms. The third-order valence-corrected chi connectivity index (χ3v) is 2.40. The van der Waals surface area contributed by atoms with Crippen molar-refractivity contribution in [3.63, 3.8) is 0 Å². The third-order valence-electron chi connectivity index (χ3n) is 1.85. The number of rotatable bonds is 5. The molecule has 0 N–H and O–H groups in total. The predicted molar refractivity (Wildman–Crippen MR) is 46.1 cm³/mol. The Bertz CT molecular complexity index is 512. The average Bonchev–Trinajstić information content (AvgIpc) is 2.24. The van der Waals surface area contributed by atoms with Crippen LogP contribution in [-0.2, 0) is 15.0 Å². The maximum Gasteiger partial charge on any atom is 0.448 e. The number of alkyl halides is 8. The molecule has 0 aliphatic carbocycles. The summed E-state index contributed by atoms with van der Waals surface area (Å²) in [6, 6.07) is 0. The van der Waals surface area contributed by atoms with Crippen LogP contribution in [0.25, 0.3) is 0 Å². The van der Waals surface area contributed by atoms with Crippen LogP contribution >= 0.6 is 0 Å². The molecule has 0 aromatic rings. The van der Waals surface area contributed by atoms with Crippen LogP contribution in [0, 0.1) is 0 Å². The quantitative estimate of drug-likeness (QED) is 0.335. The zero-order chi connectivity index (χ0) is 16.6. The molecule has 1 unspecified atom stereocenters. The van der Waals surface area contributed by atoms with E-state index in [4.69, 9.17) is 0 Å². The van der Waals surface area contributed by atoms with Gasteiger partial charge in [-0.25, -0.2) is 4.39 Å². The second-order valence-electron chi connectivity index (χ2n) is 3.04. The summed E-state index contributed by atoms with van der Waals surface area (Å²) in [5, 5.41) is -3.97.